The molecule has 0 aliphatic carbocycles. The highest BCUT2D eigenvalue weighted by atomic mass is 79.9. The third-order valence-corrected chi connectivity index (χ3v) is 3.12. The molecule has 1 aromatic carbocycles. The van der Waals surface area contributed by atoms with Gasteiger partial charge in [-0.1, -0.05) is 22.0 Å². The van der Waals surface area contributed by atoms with Gasteiger partial charge in [-0.15, -0.1) is 0 Å². The fourth-order valence-corrected chi connectivity index (χ4v) is 2.10. The molecule has 17 heavy (non-hydrogen) atoms. The highest BCUT2D eigenvalue weighted by Gasteiger charge is 2.32. The van der Waals surface area contributed by atoms with E-state index < -0.39 is 12.2 Å². The van der Waals surface area contributed by atoms with Crippen LogP contribution in [0.1, 0.15) is 0 Å². The normalized spacial score (nSPS) is 23.8. The van der Waals surface area contributed by atoms with Crippen molar-refractivity contribution in [3.63, 3.8) is 0 Å². The second kappa shape index (κ2) is 5.03. The Morgan fingerprint density at radius 1 is 1.35 bits per heavy atom. The Labute approximate surface area is 107 Å². The summed E-state index contributed by atoms with van der Waals surface area (Å²) in [6.45, 7) is 0.308. The van der Waals surface area contributed by atoms with Crippen molar-refractivity contribution in [2.45, 2.75) is 12.2 Å². The summed E-state index contributed by atoms with van der Waals surface area (Å²) < 4.78 is 0.872. The molecule has 1 aliphatic rings. The molecule has 5 nitrogen and oxygen atoms in total. The molecule has 0 aromatic heterocycles. The predicted molar refractivity (Wildman–Crippen MR) is 66.7 cm³/mol. The van der Waals surface area contributed by atoms with Crippen molar-refractivity contribution in [1.82, 2.24) is 4.90 Å². The van der Waals surface area contributed by atoms with E-state index in [4.69, 9.17) is 0 Å². The van der Waals surface area contributed by atoms with Crippen LogP contribution >= 0.6 is 15.9 Å². The number of nitrogens with zero attached hydrogens (tertiary/aromatic N) is 1. The van der Waals surface area contributed by atoms with Gasteiger partial charge in [0.1, 0.15) is 0 Å². The Morgan fingerprint density at radius 2 is 2.00 bits per heavy atom. The van der Waals surface area contributed by atoms with E-state index in [1.54, 1.807) is 12.1 Å². The Hall–Kier alpha value is -1.11. The van der Waals surface area contributed by atoms with E-state index in [-0.39, 0.29) is 19.1 Å². The second-order valence-corrected chi connectivity index (χ2v) is 4.90. The molecule has 1 aromatic rings. The van der Waals surface area contributed by atoms with Crippen molar-refractivity contribution in [2.24, 2.45) is 0 Å². The molecule has 1 heterocycles. The van der Waals surface area contributed by atoms with Crippen LogP contribution in [0, 0.1) is 0 Å². The number of benzene rings is 1. The molecular formula is C11H13BrN2O3. The number of amides is 2. The van der Waals surface area contributed by atoms with Crippen molar-refractivity contribution in [1.29, 1.82) is 0 Å². The number of urea groups is 1. The van der Waals surface area contributed by atoms with E-state index in [1.807, 2.05) is 12.1 Å². The topological polar surface area (TPSA) is 72.8 Å². The summed E-state index contributed by atoms with van der Waals surface area (Å²) in [5.41, 5.74) is 0.667. The lowest BCUT2D eigenvalue weighted by Gasteiger charge is -2.16. The van der Waals surface area contributed by atoms with Gasteiger partial charge in [0, 0.05) is 10.2 Å². The highest BCUT2D eigenvalue weighted by molar-refractivity contribution is 9.10. The van der Waals surface area contributed by atoms with Crippen LogP contribution < -0.4 is 5.32 Å². The number of carbonyl (C=O) groups is 1. The Kier molecular flexibility index (Phi) is 3.66. The van der Waals surface area contributed by atoms with Crippen molar-refractivity contribution in [3.8, 4) is 0 Å². The third-order valence-electron chi connectivity index (χ3n) is 2.62. The fraction of sp³-hybridized carbons (Fsp3) is 0.364. The van der Waals surface area contributed by atoms with Gasteiger partial charge in [0.25, 0.3) is 0 Å². The van der Waals surface area contributed by atoms with Crippen LogP contribution in [-0.2, 0) is 0 Å². The van der Waals surface area contributed by atoms with E-state index in [0.29, 0.717) is 5.69 Å². The largest absolute Gasteiger partial charge is 0.388 e. The number of aliphatic hydroxyl groups is 2. The van der Waals surface area contributed by atoms with Crippen LogP contribution in [0.3, 0.4) is 0 Å². The van der Waals surface area contributed by atoms with Crippen LogP contribution in [0.15, 0.2) is 28.7 Å². The maximum Gasteiger partial charge on any atom is 0.322 e. The Morgan fingerprint density at radius 3 is 2.59 bits per heavy atom. The van der Waals surface area contributed by atoms with Gasteiger partial charge in [0.15, 0.2) is 0 Å². The molecule has 6 heteroatoms. The summed E-state index contributed by atoms with van der Waals surface area (Å²) in [6.07, 6.45) is -1.72. The van der Waals surface area contributed by atoms with Gasteiger partial charge in [-0.05, 0) is 18.2 Å². The quantitative estimate of drug-likeness (QED) is 0.725. The summed E-state index contributed by atoms with van der Waals surface area (Å²) in [6, 6.07) is 6.90. The number of aliphatic hydroxyl groups excluding tert-OH is 2. The lowest BCUT2D eigenvalue weighted by atomic mass is 10.3. The van der Waals surface area contributed by atoms with Gasteiger partial charge >= 0.3 is 6.03 Å². The Balaban J connectivity index is 1.98. The maximum absolute atomic E-state index is 11.8. The number of hydrogen-bond donors (Lipinski definition) is 3. The number of hydrogen-bond acceptors (Lipinski definition) is 3. The fourth-order valence-electron chi connectivity index (χ4n) is 1.70. The zero-order valence-corrected chi connectivity index (χ0v) is 10.6. The van der Waals surface area contributed by atoms with Gasteiger partial charge in [-0.2, -0.15) is 0 Å². The number of β-amino-alcohol motifs (C(OH)–C–C–N with tert-alkyl or cyclic N) is 2. The maximum atomic E-state index is 11.8. The summed E-state index contributed by atoms with van der Waals surface area (Å²) >= 11 is 3.31. The molecule has 1 saturated heterocycles. The molecule has 3 N–H and O–H groups in total. The van der Waals surface area contributed by atoms with E-state index in [1.165, 1.54) is 4.90 Å². The molecule has 2 amide bonds. The van der Waals surface area contributed by atoms with Crippen LogP contribution in [0.2, 0.25) is 0 Å². The number of nitrogens with one attached hydrogen (secondary N) is 1. The summed E-state index contributed by atoms with van der Waals surface area (Å²) in [7, 11) is 0. The van der Waals surface area contributed by atoms with E-state index in [2.05, 4.69) is 21.2 Å². The first-order valence-electron chi connectivity index (χ1n) is 5.24. The van der Waals surface area contributed by atoms with Gasteiger partial charge in [-0.3, -0.25) is 0 Å². The number of halogens is 1. The molecule has 0 radical (unpaired) electrons. The first-order chi connectivity index (χ1) is 8.06. The number of carbonyl (C=O) groups excluding carboxylic acids is 1. The minimum absolute atomic E-state index is 0.154. The lowest BCUT2D eigenvalue weighted by molar-refractivity contribution is 0.0572. The summed E-state index contributed by atoms with van der Waals surface area (Å²) in [4.78, 5) is 13.2. The molecule has 0 spiro atoms. The minimum Gasteiger partial charge on any atom is -0.388 e. The van der Waals surface area contributed by atoms with Gasteiger partial charge in [-0.25, -0.2) is 4.79 Å². The average molecular weight is 301 g/mol. The third kappa shape index (κ3) is 2.96. The molecule has 1 aliphatic heterocycles. The van der Waals surface area contributed by atoms with Crippen LogP contribution in [0.5, 0.6) is 0 Å². The summed E-state index contributed by atoms with van der Waals surface area (Å²) in [5, 5.41) is 21.4. The van der Waals surface area contributed by atoms with Gasteiger partial charge < -0.3 is 20.4 Å². The van der Waals surface area contributed by atoms with Crippen LogP contribution in [-0.4, -0.2) is 46.4 Å². The number of likely N-dealkylation sites (tertiary alicyclic amines) is 1. The molecule has 0 saturated carbocycles. The molecule has 92 valence electrons. The standard InChI is InChI=1S/C11H13BrN2O3/c12-7-2-1-3-8(4-7)13-11(17)14-5-9(15)10(16)6-14/h1-4,9-10,15-16H,5-6H2,(H,13,17)/t9-,10+. The van der Waals surface area contributed by atoms with Crippen molar-refractivity contribution in [3.05, 3.63) is 28.7 Å². The van der Waals surface area contributed by atoms with Crippen LogP contribution in [0.25, 0.3) is 0 Å². The van der Waals surface area contributed by atoms with Crippen LogP contribution in [0.4, 0.5) is 10.5 Å². The first kappa shape index (κ1) is 12.3. The van der Waals surface area contributed by atoms with Gasteiger partial charge in [0.2, 0.25) is 0 Å². The van der Waals surface area contributed by atoms with Crippen molar-refractivity contribution in [2.75, 3.05) is 18.4 Å². The van der Waals surface area contributed by atoms with Gasteiger partial charge in [0.05, 0.1) is 25.3 Å². The highest BCUT2D eigenvalue weighted by Crippen LogP contribution is 2.17. The summed E-state index contributed by atoms with van der Waals surface area (Å²) in [5.74, 6) is 0. The first-order valence-corrected chi connectivity index (χ1v) is 6.03. The average Bonchev–Trinajstić information content (AvgIpc) is 2.59. The minimum atomic E-state index is -0.858. The zero-order chi connectivity index (χ0) is 12.4. The SMILES string of the molecule is O=C(Nc1cccc(Br)c1)N1C[C@@H](O)[C@@H](O)C1. The molecule has 0 bridgehead atoms. The lowest BCUT2D eigenvalue weighted by Crippen LogP contribution is -2.33. The smallest absolute Gasteiger partial charge is 0.322 e. The van der Waals surface area contributed by atoms with E-state index in [0.717, 1.165) is 4.47 Å². The zero-order valence-electron chi connectivity index (χ0n) is 9.01. The van der Waals surface area contributed by atoms with E-state index in [9.17, 15) is 15.0 Å². The van der Waals surface area contributed by atoms with Crippen molar-refractivity contribution >= 4 is 27.6 Å². The molecule has 2 rings (SSSR count). The predicted octanol–water partition coefficient (Wildman–Crippen LogP) is 1.02. The molecular weight excluding hydrogens is 288 g/mol. The number of anilines is 1. The van der Waals surface area contributed by atoms with Crippen molar-refractivity contribution < 1.29 is 15.0 Å². The second-order valence-electron chi connectivity index (χ2n) is 3.98. The van der Waals surface area contributed by atoms with E-state index >= 15 is 0 Å². The Bertz CT molecular complexity index is 417. The molecule has 0 unspecified atom stereocenters. The molecule has 1 fully saturated rings. The number of rotatable bonds is 1. The monoisotopic (exact) mass is 300 g/mol. The molecule has 2 atom stereocenters.